The van der Waals surface area contributed by atoms with E-state index in [2.05, 4.69) is 10.0 Å². The van der Waals surface area contributed by atoms with Gasteiger partial charge in [-0.2, -0.15) is 0 Å². The standard InChI is InChI=1S/C15H22N2O2S/c18-20(19,17-14-5-6-14)15-9-7-13(8-10-15)16-11-12-3-1-2-4-12/h7-10,12,14,16-17H,1-6,11H2. The number of hydrogen-bond donors (Lipinski definition) is 2. The molecule has 1 aromatic rings. The lowest BCUT2D eigenvalue weighted by atomic mass is 10.1. The Kier molecular flexibility index (Phi) is 3.98. The van der Waals surface area contributed by atoms with Gasteiger partial charge in [0.2, 0.25) is 10.0 Å². The molecule has 1 aromatic carbocycles. The first-order valence-corrected chi connectivity index (χ1v) is 8.98. The highest BCUT2D eigenvalue weighted by Crippen LogP contribution is 2.25. The highest BCUT2D eigenvalue weighted by Gasteiger charge is 2.27. The third kappa shape index (κ3) is 3.52. The van der Waals surface area contributed by atoms with E-state index in [4.69, 9.17) is 0 Å². The molecule has 110 valence electrons. The highest BCUT2D eigenvalue weighted by atomic mass is 32.2. The summed E-state index contributed by atoms with van der Waals surface area (Å²) in [6.45, 7) is 0.992. The van der Waals surface area contributed by atoms with E-state index in [1.807, 2.05) is 12.1 Å². The molecule has 0 unspecified atom stereocenters. The molecule has 0 aromatic heterocycles. The monoisotopic (exact) mass is 294 g/mol. The predicted octanol–water partition coefficient (Wildman–Crippen LogP) is 2.73. The second-order valence-electron chi connectivity index (χ2n) is 5.95. The molecule has 2 aliphatic rings. The fourth-order valence-corrected chi connectivity index (χ4v) is 4.02. The van der Waals surface area contributed by atoms with Crippen molar-refractivity contribution in [3.8, 4) is 0 Å². The number of benzene rings is 1. The molecular formula is C15H22N2O2S. The SMILES string of the molecule is O=S(=O)(NC1CC1)c1ccc(NCC2CCCC2)cc1. The summed E-state index contributed by atoms with van der Waals surface area (Å²) in [5, 5.41) is 3.40. The second-order valence-corrected chi connectivity index (χ2v) is 7.67. The summed E-state index contributed by atoms with van der Waals surface area (Å²) in [7, 11) is -3.32. The van der Waals surface area contributed by atoms with Crippen molar-refractivity contribution in [3.63, 3.8) is 0 Å². The third-order valence-electron chi connectivity index (χ3n) is 4.13. The molecule has 0 spiro atoms. The molecule has 0 heterocycles. The summed E-state index contributed by atoms with van der Waals surface area (Å²) >= 11 is 0. The van der Waals surface area contributed by atoms with E-state index in [-0.39, 0.29) is 6.04 Å². The van der Waals surface area contributed by atoms with Crippen LogP contribution in [0.25, 0.3) is 0 Å². The van der Waals surface area contributed by atoms with Crippen LogP contribution in [-0.2, 0) is 10.0 Å². The molecule has 2 saturated carbocycles. The van der Waals surface area contributed by atoms with Gasteiger partial charge in [0.25, 0.3) is 0 Å². The van der Waals surface area contributed by atoms with E-state index in [9.17, 15) is 8.42 Å². The smallest absolute Gasteiger partial charge is 0.240 e. The first-order valence-electron chi connectivity index (χ1n) is 7.50. The van der Waals surface area contributed by atoms with Crippen molar-refractivity contribution in [2.75, 3.05) is 11.9 Å². The quantitative estimate of drug-likeness (QED) is 0.848. The minimum Gasteiger partial charge on any atom is -0.385 e. The summed E-state index contributed by atoms with van der Waals surface area (Å²) in [6.07, 6.45) is 7.22. The molecule has 0 atom stereocenters. The Balaban J connectivity index is 1.58. The highest BCUT2D eigenvalue weighted by molar-refractivity contribution is 7.89. The Morgan fingerprint density at radius 1 is 1.00 bits per heavy atom. The van der Waals surface area contributed by atoms with Gasteiger partial charge in [0.05, 0.1) is 4.90 Å². The Bertz CT molecular complexity index is 544. The minimum absolute atomic E-state index is 0.153. The summed E-state index contributed by atoms with van der Waals surface area (Å²) < 4.78 is 26.8. The lowest BCUT2D eigenvalue weighted by Crippen LogP contribution is -2.25. The van der Waals surface area contributed by atoms with Crippen LogP contribution in [0.15, 0.2) is 29.2 Å². The molecule has 3 rings (SSSR count). The number of hydrogen-bond acceptors (Lipinski definition) is 3. The van der Waals surface area contributed by atoms with Gasteiger partial charge < -0.3 is 5.32 Å². The number of sulfonamides is 1. The maximum atomic E-state index is 12.0. The van der Waals surface area contributed by atoms with Crippen LogP contribution in [0, 0.1) is 5.92 Å². The topological polar surface area (TPSA) is 58.2 Å². The molecule has 0 radical (unpaired) electrons. The van der Waals surface area contributed by atoms with Gasteiger partial charge in [-0.1, -0.05) is 12.8 Å². The Hall–Kier alpha value is -1.07. The molecule has 0 saturated heterocycles. The second kappa shape index (κ2) is 5.74. The number of nitrogens with one attached hydrogen (secondary N) is 2. The first kappa shape index (κ1) is 13.9. The van der Waals surface area contributed by atoms with Crippen LogP contribution in [0.3, 0.4) is 0 Å². The van der Waals surface area contributed by atoms with Gasteiger partial charge in [0.15, 0.2) is 0 Å². The molecule has 2 aliphatic carbocycles. The van der Waals surface area contributed by atoms with Crippen molar-refractivity contribution >= 4 is 15.7 Å². The van der Waals surface area contributed by atoms with Crippen molar-refractivity contribution in [1.82, 2.24) is 4.72 Å². The van der Waals surface area contributed by atoms with Gasteiger partial charge in [-0.15, -0.1) is 0 Å². The van der Waals surface area contributed by atoms with Crippen LogP contribution in [0.4, 0.5) is 5.69 Å². The van der Waals surface area contributed by atoms with Gasteiger partial charge >= 0.3 is 0 Å². The average Bonchev–Trinajstić information content (AvgIpc) is 3.08. The zero-order chi connectivity index (χ0) is 14.0. The van der Waals surface area contributed by atoms with Gasteiger partial charge in [-0.3, -0.25) is 0 Å². The molecule has 20 heavy (non-hydrogen) atoms. The summed E-state index contributed by atoms with van der Waals surface area (Å²) in [5.41, 5.74) is 1.00. The molecule has 2 fully saturated rings. The van der Waals surface area contributed by atoms with E-state index in [1.165, 1.54) is 25.7 Å². The van der Waals surface area contributed by atoms with Gasteiger partial charge in [0.1, 0.15) is 0 Å². The third-order valence-corrected chi connectivity index (χ3v) is 5.67. The number of rotatable bonds is 6. The van der Waals surface area contributed by atoms with Crippen LogP contribution in [0.5, 0.6) is 0 Å². The van der Waals surface area contributed by atoms with E-state index in [0.29, 0.717) is 4.90 Å². The predicted molar refractivity (Wildman–Crippen MR) is 80.2 cm³/mol. The van der Waals surface area contributed by atoms with Crippen molar-refractivity contribution in [1.29, 1.82) is 0 Å². The van der Waals surface area contributed by atoms with Crippen LogP contribution >= 0.6 is 0 Å². The summed E-state index contributed by atoms with van der Waals surface area (Å²) in [5.74, 6) is 0.773. The van der Waals surface area contributed by atoms with Crippen molar-refractivity contribution in [2.45, 2.75) is 49.5 Å². The van der Waals surface area contributed by atoms with E-state index in [0.717, 1.165) is 31.0 Å². The lowest BCUT2D eigenvalue weighted by Gasteiger charge is -2.12. The maximum Gasteiger partial charge on any atom is 0.240 e. The normalized spacial score (nSPS) is 20.2. The van der Waals surface area contributed by atoms with E-state index >= 15 is 0 Å². The van der Waals surface area contributed by atoms with Crippen molar-refractivity contribution in [3.05, 3.63) is 24.3 Å². The molecular weight excluding hydrogens is 272 g/mol. The van der Waals surface area contributed by atoms with Crippen LogP contribution in [-0.4, -0.2) is 21.0 Å². The molecule has 0 bridgehead atoms. The molecule has 5 heteroatoms. The minimum atomic E-state index is -3.32. The molecule has 2 N–H and O–H groups in total. The van der Waals surface area contributed by atoms with Crippen molar-refractivity contribution < 1.29 is 8.42 Å². The zero-order valence-electron chi connectivity index (χ0n) is 11.6. The Labute approximate surface area is 121 Å². The van der Waals surface area contributed by atoms with Gasteiger partial charge in [-0.05, 0) is 55.9 Å². The van der Waals surface area contributed by atoms with Crippen LogP contribution in [0.1, 0.15) is 38.5 Å². The molecule has 0 amide bonds. The van der Waals surface area contributed by atoms with Gasteiger partial charge in [-0.25, -0.2) is 13.1 Å². The fourth-order valence-electron chi connectivity index (χ4n) is 2.72. The zero-order valence-corrected chi connectivity index (χ0v) is 12.5. The summed E-state index contributed by atoms with van der Waals surface area (Å²) in [6, 6.07) is 7.23. The molecule has 0 aliphatic heterocycles. The maximum absolute atomic E-state index is 12.0. The number of anilines is 1. The first-order chi connectivity index (χ1) is 9.63. The van der Waals surface area contributed by atoms with Crippen LogP contribution < -0.4 is 10.0 Å². The lowest BCUT2D eigenvalue weighted by molar-refractivity contribution is 0.579. The van der Waals surface area contributed by atoms with E-state index in [1.54, 1.807) is 12.1 Å². The summed E-state index contributed by atoms with van der Waals surface area (Å²) in [4.78, 5) is 0.357. The van der Waals surface area contributed by atoms with Crippen molar-refractivity contribution in [2.24, 2.45) is 5.92 Å². The Morgan fingerprint density at radius 3 is 2.25 bits per heavy atom. The molecule has 4 nitrogen and oxygen atoms in total. The van der Waals surface area contributed by atoms with Gasteiger partial charge in [0, 0.05) is 18.3 Å². The Morgan fingerprint density at radius 2 is 1.65 bits per heavy atom. The van der Waals surface area contributed by atoms with E-state index < -0.39 is 10.0 Å². The fraction of sp³-hybridized carbons (Fsp3) is 0.600. The van der Waals surface area contributed by atoms with Crippen LogP contribution in [0.2, 0.25) is 0 Å². The average molecular weight is 294 g/mol. The largest absolute Gasteiger partial charge is 0.385 e.